The van der Waals surface area contributed by atoms with Gasteiger partial charge in [0.2, 0.25) is 11.9 Å². The number of halogens is 1. The number of hydrogen-bond donors (Lipinski definition) is 1. The molecule has 4 aromatic rings. The maximum atomic E-state index is 14.5. The second-order valence-corrected chi connectivity index (χ2v) is 13.1. The van der Waals surface area contributed by atoms with Crippen LogP contribution in [0.4, 0.5) is 9.18 Å². The molecule has 50 heavy (non-hydrogen) atoms. The molecule has 0 saturated heterocycles. The summed E-state index contributed by atoms with van der Waals surface area (Å²) in [7, 11) is 0. The molecule has 1 atom stereocenters. The zero-order chi connectivity index (χ0) is 35.7. The number of hydrogen-bond acceptors (Lipinski definition) is 7. The highest BCUT2D eigenvalue weighted by molar-refractivity contribution is 5.86. The second kappa shape index (κ2) is 16.7. The predicted octanol–water partition coefficient (Wildman–Crippen LogP) is 7.28. The zero-order valence-electron chi connectivity index (χ0n) is 29.4. The third-order valence-electron chi connectivity index (χ3n) is 8.23. The number of benzene rings is 3. The van der Waals surface area contributed by atoms with Crippen LogP contribution in [0.3, 0.4) is 0 Å². The highest BCUT2D eigenvalue weighted by Crippen LogP contribution is 2.44. The Labute approximate surface area is 293 Å². The molecule has 2 amide bonds. The predicted molar refractivity (Wildman–Crippen MR) is 189 cm³/mol. The minimum Gasteiger partial charge on any atom is -0.488 e. The first-order valence-corrected chi connectivity index (χ1v) is 17.1. The van der Waals surface area contributed by atoms with Crippen LogP contribution in [0.1, 0.15) is 62.9 Å². The first-order valence-electron chi connectivity index (χ1n) is 17.1. The molecular weight excluding hydrogens is 637 g/mol. The molecule has 9 nitrogen and oxygen atoms in total. The summed E-state index contributed by atoms with van der Waals surface area (Å²) in [6, 6.07) is 27.0. The smallest absolute Gasteiger partial charge is 0.407 e. The lowest BCUT2D eigenvalue weighted by molar-refractivity contribution is -0.161. The number of carbonyl (C=O) groups excluding carboxylic acids is 2. The highest BCUT2D eigenvalue weighted by Gasteiger charge is 2.32. The summed E-state index contributed by atoms with van der Waals surface area (Å²) in [5.74, 6) is -0.550. The largest absolute Gasteiger partial charge is 0.488 e. The number of alkyl carbamates (subject to hydrolysis) is 1. The fraction of sp³-hybridized carbons (Fsp3) is 0.375. The second-order valence-electron chi connectivity index (χ2n) is 13.1. The van der Waals surface area contributed by atoms with Crippen LogP contribution < -0.4 is 10.1 Å². The number of pyridine rings is 1. The van der Waals surface area contributed by atoms with Gasteiger partial charge < -0.3 is 29.2 Å². The first-order chi connectivity index (χ1) is 24.0. The Morgan fingerprint density at radius 3 is 2.06 bits per heavy atom. The van der Waals surface area contributed by atoms with E-state index in [4.69, 9.17) is 18.9 Å². The molecular formula is C40H46FN3O6. The monoisotopic (exact) mass is 683 g/mol. The topological polar surface area (TPSA) is 99.2 Å². The van der Waals surface area contributed by atoms with Crippen molar-refractivity contribution in [2.24, 2.45) is 0 Å². The first kappa shape index (κ1) is 36.5. The summed E-state index contributed by atoms with van der Waals surface area (Å²) >= 11 is 0. The van der Waals surface area contributed by atoms with Gasteiger partial charge in [0.25, 0.3) is 0 Å². The Hall–Kier alpha value is -4.80. The van der Waals surface area contributed by atoms with Crippen molar-refractivity contribution in [2.75, 3.05) is 26.4 Å². The molecule has 0 radical (unpaired) electrons. The summed E-state index contributed by atoms with van der Waals surface area (Å²) in [6.07, 6.45) is -1.32. The molecule has 3 aromatic carbocycles. The summed E-state index contributed by atoms with van der Waals surface area (Å²) in [6.45, 7) is 10.4. The van der Waals surface area contributed by atoms with Crippen molar-refractivity contribution < 1.29 is 32.9 Å². The van der Waals surface area contributed by atoms with E-state index in [0.717, 1.165) is 27.8 Å². The average Bonchev–Trinajstić information content (AvgIpc) is 3.40. The molecule has 1 aliphatic rings. The molecule has 264 valence electrons. The van der Waals surface area contributed by atoms with Crippen LogP contribution in [-0.2, 0) is 32.0 Å². The van der Waals surface area contributed by atoms with Crippen molar-refractivity contribution in [3.05, 3.63) is 119 Å². The van der Waals surface area contributed by atoms with E-state index >= 15 is 0 Å². The number of aromatic nitrogens is 1. The Balaban J connectivity index is 1.39. The minimum absolute atomic E-state index is 0.0277. The van der Waals surface area contributed by atoms with Gasteiger partial charge in [0.15, 0.2) is 6.29 Å². The molecule has 0 fully saturated rings. The van der Waals surface area contributed by atoms with Gasteiger partial charge in [-0.1, -0.05) is 66.7 Å². The van der Waals surface area contributed by atoms with Gasteiger partial charge in [-0.15, -0.1) is 0 Å². The van der Waals surface area contributed by atoms with Crippen LogP contribution in [0.2, 0.25) is 0 Å². The van der Waals surface area contributed by atoms with Crippen molar-refractivity contribution in [1.29, 1.82) is 0 Å². The van der Waals surface area contributed by atoms with Crippen LogP contribution in [0.5, 0.6) is 5.75 Å². The lowest BCUT2D eigenvalue weighted by Gasteiger charge is -2.31. The van der Waals surface area contributed by atoms with Crippen molar-refractivity contribution in [3.8, 4) is 16.9 Å². The summed E-state index contributed by atoms with van der Waals surface area (Å²) < 4.78 is 37.5. The molecule has 5 rings (SSSR count). The van der Waals surface area contributed by atoms with Gasteiger partial charge in [-0.25, -0.2) is 9.78 Å². The molecule has 10 heteroatoms. The fourth-order valence-electron chi connectivity index (χ4n) is 6.16. The van der Waals surface area contributed by atoms with Crippen LogP contribution in [-0.4, -0.2) is 66.2 Å². The molecule has 0 aliphatic heterocycles. The van der Waals surface area contributed by atoms with Gasteiger partial charge in [0, 0.05) is 25.6 Å². The number of carbonyl (C=O) groups is 2. The fourth-order valence-corrected chi connectivity index (χ4v) is 6.16. The molecule has 1 aliphatic carbocycles. The molecule has 0 spiro atoms. The molecule has 0 bridgehead atoms. The van der Waals surface area contributed by atoms with Crippen molar-refractivity contribution in [2.45, 2.75) is 71.4 Å². The Morgan fingerprint density at radius 1 is 0.860 bits per heavy atom. The number of nitrogens with zero attached hydrogens (tertiary/aromatic N) is 2. The molecule has 1 N–H and O–H groups in total. The highest BCUT2D eigenvalue weighted by atomic mass is 19.1. The van der Waals surface area contributed by atoms with E-state index in [9.17, 15) is 14.0 Å². The van der Waals surface area contributed by atoms with E-state index in [-0.39, 0.29) is 37.6 Å². The lowest BCUT2D eigenvalue weighted by atomic mass is 9.98. The number of fused-ring (bicyclic) bond motifs is 3. The number of nitrogens with one attached hydrogen (secondary N) is 1. The third-order valence-corrected chi connectivity index (χ3v) is 8.23. The van der Waals surface area contributed by atoms with Crippen LogP contribution >= 0.6 is 0 Å². The Kier molecular flexibility index (Phi) is 12.2. The van der Waals surface area contributed by atoms with E-state index < -0.39 is 30.3 Å². The Bertz CT molecular complexity index is 1690. The number of amides is 2. The molecule has 1 heterocycles. The van der Waals surface area contributed by atoms with Crippen molar-refractivity contribution in [1.82, 2.24) is 15.2 Å². The summed E-state index contributed by atoms with van der Waals surface area (Å²) in [4.78, 5) is 33.5. The number of rotatable bonds is 15. The zero-order valence-corrected chi connectivity index (χ0v) is 29.4. The van der Waals surface area contributed by atoms with Crippen LogP contribution in [0, 0.1) is 5.95 Å². The maximum absolute atomic E-state index is 14.5. The summed E-state index contributed by atoms with van der Waals surface area (Å²) in [5.41, 5.74) is 5.14. The average molecular weight is 684 g/mol. The van der Waals surface area contributed by atoms with Gasteiger partial charge in [0.05, 0.1) is 18.8 Å². The van der Waals surface area contributed by atoms with Crippen LogP contribution in [0.25, 0.3) is 11.1 Å². The SMILES string of the molecule is CCOC(CN(Cc1cccc(F)n1)C(=O)[C@H](Cc1ccc(OC(C)(C)C)cc1)NC(=O)OCC1c2ccccc2-c2ccccc21)OCC. The van der Waals surface area contributed by atoms with E-state index in [0.29, 0.717) is 24.7 Å². The van der Waals surface area contributed by atoms with Crippen molar-refractivity contribution in [3.63, 3.8) is 0 Å². The lowest BCUT2D eigenvalue weighted by Crippen LogP contribution is -2.52. The van der Waals surface area contributed by atoms with Gasteiger partial charge in [-0.3, -0.25) is 4.79 Å². The van der Waals surface area contributed by atoms with Crippen LogP contribution in [0.15, 0.2) is 91.0 Å². The van der Waals surface area contributed by atoms with Gasteiger partial charge in [-0.2, -0.15) is 4.39 Å². The maximum Gasteiger partial charge on any atom is 0.407 e. The Morgan fingerprint density at radius 2 is 1.48 bits per heavy atom. The number of ether oxygens (including phenoxy) is 4. The standard InChI is InChI=1S/C40H46FN3O6/c1-6-47-37(48-7-2)25-44(24-28-13-12-18-36(41)42-28)38(45)35(23-27-19-21-29(22-20-27)50-40(3,4)5)43-39(46)49-26-34-32-16-10-8-14-30(32)31-15-9-11-17-33(31)34/h8-22,34-35,37H,6-7,23-26H2,1-5H3,(H,43,46)/t35-/m0/s1. The van der Waals surface area contributed by atoms with E-state index in [1.54, 1.807) is 6.07 Å². The molecule has 0 saturated carbocycles. The van der Waals surface area contributed by atoms with Gasteiger partial charge in [-0.05, 0) is 86.7 Å². The quantitative estimate of drug-likeness (QED) is 0.104. The van der Waals surface area contributed by atoms with Gasteiger partial charge in [0.1, 0.15) is 24.0 Å². The summed E-state index contributed by atoms with van der Waals surface area (Å²) in [5, 5.41) is 2.85. The van der Waals surface area contributed by atoms with E-state index in [2.05, 4.69) is 22.4 Å². The van der Waals surface area contributed by atoms with E-state index in [1.165, 1.54) is 17.0 Å². The third kappa shape index (κ3) is 9.67. The van der Waals surface area contributed by atoms with Gasteiger partial charge >= 0.3 is 6.09 Å². The van der Waals surface area contributed by atoms with E-state index in [1.807, 2.05) is 95.3 Å². The van der Waals surface area contributed by atoms with Crippen molar-refractivity contribution >= 4 is 12.0 Å². The molecule has 1 aromatic heterocycles. The minimum atomic E-state index is -1.04. The normalized spacial score (nSPS) is 13.0. The molecule has 0 unspecified atom stereocenters.